The third-order valence-electron chi connectivity index (χ3n) is 3.73. The molecule has 1 fully saturated rings. The van der Waals surface area contributed by atoms with E-state index >= 15 is 0 Å². The molecule has 2 heterocycles. The van der Waals surface area contributed by atoms with E-state index in [2.05, 4.69) is 4.98 Å². The zero-order valence-corrected chi connectivity index (χ0v) is 11.9. The van der Waals surface area contributed by atoms with E-state index in [1.165, 1.54) is 0 Å². The lowest BCUT2D eigenvalue weighted by Crippen LogP contribution is -2.41. The summed E-state index contributed by atoms with van der Waals surface area (Å²) in [5.74, 6) is 1.88. The van der Waals surface area contributed by atoms with Gasteiger partial charge in [-0.3, -0.25) is 4.98 Å². The Morgan fingerprint density at radius 2 is 1.84 bits per heavy atom. The maximum Gasteiger partial charge on any atom is 0.487 e. The first-order chi connectivity index (χ1) is 8.84. The topological polar surface area (TPSA) is 51.6 Å². The maximum atomic E-state index is 8.93. The van der Waals surface area contributed by atoms with Crippen LogP contribution in [0.25, 0.3) is 6.08 Å². The zero-order chi connectivity index (χ0) is 14.1. The predicted octanol–water partition coefficient (Wildman–Crippen LogP) is 2.22. The largest absolute Gasteiger partial charge is 0.487 e. The molecule has 1 N–H and O–H groups in total. The summed E-state index contributed by atoms with van der Waals surface area (Å²) >= 11 is 0. The van der Waals surface area contributed by atoms with Gasteiger partial charge in [0.05, 0.1) is 23.5 Å². The van der Waals surface area contributed by atoms with Crippen molar-refractivity contribution in [1.82, 2.24) is 4.98 Å². The molecule has 2 rings (SSSR count). The summed E-state index contributed by atoms with van der Waals surface area (Å²) in [4.78, 5) is 4.12. The van der Waals surface area contributed by atoms with Crippen LogP contribution in [0.1, 0.15) is 39.0 Å². The van der Waals surface area contributed by atoms with Crippen molar-refractivity contribution in [3.05, 3.63) is 35.6 Å². The molecule has 1 saturated heterocycles. The second kappa shape index (κ2) is 5.08. The van der Waals surface area contributed by atoms with Gasteiger partial charge < -0.3 is 14.4 Å². The summed E-state index contributed by atoms with van der Waals surface area (Å²) in [6.07, 6.45) is 3.63. The normalized spacial score (nSPS) is 21.2. The van der Waals surface area contributed by atoms with Gasteiger partial charge in [-0.2, -0.15) is 0 Å². The molecule has 0 amide bonds. The van der Waals surface area contributed by atoms with E-state index in [1.807, 2.05) is 45.8 Å². The summed E-state index contributed by atoms with van der Waals surface area (Å²) in [6, 6.07) is 3.70. The first-order valence-electron chi connectivity index (χ1n) is 6.44. The number of nitrogens with zero attached hydrogens (tertiary/aromatic N) is 1. The van der Waals surface area contributed by atoms with Crippen LogP contribution in [-0.4, -0.2) is 28.4 Å². The highest BCUT2D eigenvalue weighted by Crippen LogP contribution is 2.36. The Morgan fingerprint density at radius 1 is 1.21 bits per heavy atom. The Kier molecular flexibility index (Phi) is 3.81. The molecule has 0 aromatic carbocycles. The molecule has 0 radical (unpaired) electrons. The fraction of sp³-hybridized carbons (Fsp3) is 0.500. The molecular weight excluding hydrogens is 241 g/mol. The third kappa shape index (κ3) is 3.05. The van der Waals surface area contributed by atoms with Crippen LogP contribution in [0.2, 0.25) is 0 Å². The molecule has 0 bridgehead atoms. The van der Waals surface area contributed by atoms with Crippen molar-refractivity contribution in [3.63, 3.8) is 0 Å². The van der Waals surface area contributed by atoms with Crippen molar-refractivity contribution in [3.8, 4) is 0 Å². The van der Waals surface area contributed by atoms with Gasteiger partial charge in [0, 0.05) is 6.20 Å². The lowest BCUT2D eigenvalue weighted by Gasteiger charge is -2.32. The molecule has 0 spiro atoms. The number of hydrogen-bond acceptors (Lipinski definition) is 4. The zero-order valence-electron chi connectivity index (χ0n) is 11.9. The molecule has 19 heavy (non-hydrogen) atoms. The van der Waals surface area contributed by atoms with E-state index in [0.717, 1.165) is 5.56 Å². The fourth-order valence-electron chi connectivity index (χ4n) is 1.78. The van der Waals surface area contributed by atoms with E-state index in [0.29, 0.717) is 5.69 Å². The van der Waals surface area contributed by atoms with Crippen LogP contribution in [0.4, 0.5) is 0 Å². The molecule has 4 nitrogen and oxygen atoms in total. The average Bonchev–Trinajstić information content (AvgIpc) is 2.56. The van der Waals surface area contributed by atoms with Gasteiger partial charge in [-0.25, -0.2) is 0 Å². The summed E-state index contributed by atoms with van der Waals surface area (Å²) in [5, 5.41) is 8.93. The smallest absolute Gasteiger partial charge is 0.400 e. The van der Waals surface area contributed by atoms with Gasteiger partial charge >= 0.3 is 7.12 Å². The summed E-state index contributed by atoms with van der Waals surface area (Å²) in [5.41, 5.74) is 0.974. The quantitative estimate of drug-likeness (QED) is 0.847. The first-order valence-corrected chi connectivity index (χ1v) is 6.44. The molecule has 1 aliphatic rings. The SMILES string of the molecule is CC1(C)OB(/C=C/c2ccc(CO)nc2)OC1(C)C. The van der Waals surface area contributed by atoms with Gasteiger partial charge in [-0.05, 0) is 39.3 Å². The lowest BCUT2D eigenvalue weighted by molar-refractivity contribution is 0.00578. The molecule has 1 aliphatic heterocycles. The summed E-state index contributed by atoms with van der Waals surface area (Å²) in [6.45, 7) is 8.06. The predicted molar refractivity (Wildman–Crippen MR) is 75.3 cm³/mol. The second-order valence-corrected chi connectivity index (χ2v) is 5.72. The Bertz CT molecular complexity index is 452. The Labute approximate surface area is 114 Å². The Morgan fingerprint density at radius 3 is 2.32 bits per heavy atom. The van der Waals surface area contributed by atoms with Gasteiger partial charge in [0.1, 0.15) is 0 Å². The van der Waals surface area contributed by atoms with Crippen LogP contribution >= 0.6 is 0 Å². The summed E-state index contributed by atoms with van der Waals surface area (Å²) < 4.78 is 11.7. The van der Waals surface area contributed by atoms with Crippen molar-refractivity contribution in [2.24, 2.45) is 0 Å². The fourth-order valence-corrected chi connectivity index (χ4v) is 1.78. The first kappa shape index (κ1) is 14.2. The third-order valence-corrected chi connectivity index (χ3v) is 3.73. The molecule has 0 aliphatic carbocycles. The van der Waals surface area contributed by atoms with Crippen molar-refractivity contribution in [2.45, 2.75) is 45.5 Å². The van der Waals surface area contributed by atoms with E-state index < -0.39 is 0 Å². The minimum atomic E-state index is -0.345. The van der Waals surface area contributed by atoms with Crippen LogP contribution in [0.15, 0.2) is 24.3 Å². The number of rotatable bonds is 3. The van der Waals surface area contributed by atoms with Gasteiger partial charge in [0.2, 0.25) is 0 Å². The molecular formula is C14H20BNO3. The van der Waals surface area contributed by atoms with Crippen LogP contribution in [0.3, 0.4) is 0 Å². The number of hydrogen-bond donors (Lipinski definition) is 1. The number of pyridine rings is 1. The van der Waals surface area contributed by atoms with Gasteiger partial charge in [0.15, 0.2) is 0 Å². The number of aliphatic hydroxyl groups is 1. The van der Waals surface area contributed by atoms with Crippen LogP contribution in [0.5, 0.6) is 0 Å². The van der Waals surface area contributed by atoms with Crippen molar-refractivity contribution >= 4 is 13.2 Å². The minimum Gasteiger partial charge on any atom is -0.400 e. The van der Waals surface area contributed by atoms with Crippen LogP contribution < -0.4 is 0 Å². The van der Waals surface area contributed by atoms with Crippen LogP contribution in [-0.2, 0) is 15.9 Å². The van der Waals surface area contributed by atoms with Crippen molar-refractivity contribution in [2.75, 3.05) is 0 Å². The molecule has 0 unspecified atom stereocenters. The molecule has 102 valence electrons. The monoisotopic (exact) mass is 261 g/mol. The summed E-state index contributed by atoms with van der Waals surface area (Å²) in [7, 11) is -0.345. The van der Waals surface area contributed by atoms with Crippen molar-refractivity contribution < 1.29 is 14.4 Å². The molecule has 1 aromatic heterocycles. The van der Waals surface area contributed by atoms with Crippen molar-refractivity contribution in [1.29, 1.82) is 0 Å². The number of aromatic nitrogens is 1. The van der Waals surface area contributed by atoms with E-state index in [1.54, 1.807) is 12.3 Å². The number of aliphatic hydroxyl groups excluding tert-OH is 1. The minimum absolute atomic E-state index is 0.0405. The molecule has 1 aromatic rings. The highest BCUT2D eigenvalue weighted by Gasteiger charge is 2.49. The van der Waals surface area contributed by atoms with Gasteiger partial charge in [0.25, 0.3) is 0 Å². The van der Waals surface area contributed by atoms with Crippen LogP contribution in [0, 0.1) is 0 Å². The Hall–Kier alpha value is -1.17. The molecule has 0 saturated carbocycles. The highest BCUT2D eigenvalue weighted by atomic mass is 16.7. The van der Waals surface area contributed by atoms with Gasteiger partial charge in [-0.15, -0.1) is 0 Å². The van der Waals surface area contributed by atoms with E-state index in [4.69, 9.17) is 14.4 Å². The second-order valence-electron chi connectivity index (χ2n) is 5.72. The standard InChI is InChI=1S/C14H20BNO3/c1-13(2)14(3,4)19-15(18-13)8-7-11-5-6-12(10-17)16-9-11/h5-9,17H,10H2,1-4H3/b8-7+. The molecule has 5 heteroatoms. The lowest BCUT2D eigenvalue weighted by atomic mass is 9.89. The Balaban J connectivity index is 2.04. The van der Waals surface area contributed by atoms with E-state index in [-0.39, 0.29) is 24.9 Å². The van der Waals surface area contributed by atoms with E-state index in [9.17, 15) is 0 Å². The highest BCUT2D eigenvalue weighted by molar-refractivity contribution is 6.52. The van der Waals surface area contributed by atoms with Gasteiger partial charge in [-0.1, -0.05) is 18.1 Å². The molecule has 0 atom stereocenters. The maximum absolute atomic E-state index is 8.93. The average molecular weight is 261 g/mol.